The van der Waals surface area contributed by atoms with E-state index in [1.54, 1.807) is 6.92 Å². The molecule has 0 aliphatic heterocycles. The van der Waals surface area contributed by atoms with Crippen LogP contribution in [0.25, 0.3) is 0 Å². The molecule has 0 saturated carbocycles. The van der Waals surface area contributed by atoms with Crippen LogP contribution in [0.2, 0.25) is 0 Å². The summed E-state index contributed by atoms with van der Waals surface area (Å²) in [5.41, 5.74) is 0. The van der Waals surface area contributed by atoms with Crippen LogP contribution >= 0.6 is 11.3 Å². The maximum absolute atomic E-state index is 11.6. The molecule has 1 amide bonds. The van der Waals surface area contributed by atoms with Crippen molar-refractivity contribution in [3.63, 3.8) is 0 Å². The normalized spacial score (nSPS) is 12.1. The second kappa shape index (κ2) is 5.60. The monoisotopic (exact) mass is 242 g/mol. The number of nitrogens with zero attached hydrogens (tertiary/aromatic N) is 1. The molecule has 0 spiro atoms. The van der Waals surface area contributed by atoms with Gasteiger partial charge in [0, 0.05) is 0 Å². The van der Waals surface area contributed by atoms with E-state index in [4.69, 9.17) is 5.11 Å². The van der Waals surface area contributed by atoms with E-state index in [1.807, 2.05) is 6.92 Å². The molecule has 1 heterocycles. The third-order valence-electron chi connectivity index (χ3n) is 2.03. The van der Waals surface area contributed by atoms with Gasteiger partial charge in [0.2, 0.25) is 0 Å². The molecule has 1 aromatic heterocycles. The van der Waals surface area contributed by atoms with Crippen molar-refractivity contribution < 1.29 is 14.7 Å². The standard InChI is InChI=1S/C10H14N2O3S/c1-3-4-7(10(14)15)12-9(13)8-5-11-6(2)16-8/h5,7H,3-4H2,1-2H3,(H,12,13)(H,14,15)/t7-/m0/s1. The summed E-state index contributed by atoms with van der Waals surface area (Å²) in [4.78, 5) is 26.9. The predicted molar refractivity (Wildman–Crippen MR) is 60.6 cm³/mol. The molecule has 0 radical (unpaired) electrons. The molecule has 6 heteroatoms. The second-order valence-electron chi connectivity index (χ2n) is 3.40. The summed E-state index contributed by atoms with van der Waals surface area (Å²) in [6, 6.07) is -0.820. The van der Waals surface area contributed by atoms with Gasteiger partial charge in [-0.25, -0.2) is 9.78 Å². The number of aliphatic carboxylic acids is 1. The lowest BCUT2D eigenvalue weighted by Gasteiger charge is -2.12. The molecule has 5 nitrogen and oxygen atoms in total. The van der Waals surface area contributed by atoms with E-state index >= 15 is 0 Å². The van der Waals surface area contributed by atoms with Crippen LogP contribution in [0.1, 0.15) is 34.4 Å². The quantitative estimate of drug-likeness (QED) is 0.818. The molecule has 1 rings (SSSR count). The van der Waals surface area contributed by atoms with Crippen LogP contribution in [0.4, 0.5) is 0 Å². The maximum atomic E-state index is 11.6. The lowest BCUT2D eigenvalue weighted by Crippen LogP contribution is -2.40. The fourth-order valence-corrected chi connectivity index (χ4v) is 1.92. The molecular formula is C10H14N2O3S. The molecule has 16 heavy (non-hydrogen) atoms. The summed E-state index contributed by atoms with van der Waals surface area (Å²) in [6.45, 7) is 3.67. The summed E-state index contributed by atoms with van der Waals surface area (Å²) in [5.74, 6) is -1.37. The second-order valence-corrected chi connectivity index (χ2v) is 4.63. The van der Waals surface area contributed by atoms with Crippen molar-refractivity contribution in [2.45, 2.75) is 32.7 Å². The molecule has 0 aliphatic carbocycles. The van der Waals surface area contributed by atoms with Gasteiger partial charge < -0.3 is 10.4 Å². The van der Waals surface area contributed by atoms with Gasteiger partial charge in [0.05, 0.1) is 11.2 Å². The molecular weight excluding hydrogens is 228 g/mol. The van der Waals surface area contributed by atoms with Crippen molar-refractivity contribution in [3.8, 4) is 0 Å². The number of thiazole rings is 1. The van der Waals surface area contributed by atoms with Crippen molar-refractivity contribution in [2.24, 2.45) is 0 Å². The minimum Gasteiger partial charge on any atom is -0.480 e. The molecule has 0 aromatic carbocycles. The number of aromatic nitrogens is 1. The number of carboxylic acid groups (broad SMARTS) is 1. The highest BCUT2D eigenvalue weighted by molar-refractivity contribution is 7.13. The Labute approximate surface area is 97.5 Å². The summed E-state index contributed by atoms with van der Waals surface area (Å²) in [7, 11) is 0. The molecule has 88 valence electrons. The van der Waals surface area contributed by atoms with Gasteiger partial charge in [-0.1, -0.05) is 13.3 Å². The Morgan fingerprint density at radius 3 is 2.75 bits per heavy atom. The van der Waals surface area contributed by atoms with Crippen LogP contribution in [0.15, 0.2) is 6.20 Å². The van der Waals surface area contributed by atoms with E-state index < -0.39 is 12.0 Å². The van der Waals surface area contributed by atoms with Crippen LogP contribution < -0.4 is 5.32 Å². The highest BCUT2D eigenvalue weighted by Crippen LogP contribution is 2.11. The molecule has 0 fully saturated rings. The van der Waals surface area contributed by atoms with Crippen molar-refractivity contribution in [1.29, 1.82) is 0 Å². The number of nitrogens with one attached hydrogen (secondary N) is 1. The van der Waals surface area contributed by atoms with E-state index in [1.165, 1.54) is 17.5 Å². The van der Waals surface area contributed by atoms with Gasteiger partial charge in [-0.2, -0.15) is 0 Å². The summed E-state index contributed by atoms with van der Waals surface area (Å²) >= 11 is 1.25. The molecule has 0 aliphatic rings. The molecule has 0 bridgehead atoms. The number of hydrogen-bond acceptors (Lipinski definition) is 4. The first kappa shape index (κ1) is 12.6. The Balaban J connectivity index is 2.65. The third-order valence-corrected chi connectivity index (χ3v) is 2.94. The molecule has 0 unspecified atom stereocenters. The molecule has 1 aromatic rings. The fourth-order valence-electron chi connectivity index (χ4n) is 1.24. The summed E-state index contributed by atoms with van der Waals surface area (Å²) in [5, 5.41) is 12.1. The van der Waals surface area contributed by atoms with Gasteiger partial charge >= 0.3 is 5.97 Å². The van der Waals surface area contributed by atoms with E-state index in [9.17, 15) is 9.59 Å². The molecule has 0 saturated heterocycles. The van der Waals surface area contributed by atoms with Gasteiger partial charge in [0.25, 0.3) is 5.91 Å². The zero-order chi connectivity index (χ0) is 12.1. The largest absolute Gasteiger partial charge is 0.480 e. The van der Waals surface area contributed by atoms with Gasteiger partial charge in [-0.3, -0.25) is 4.79 Å². The van der Waals surface area contributed by atoms with Gasteiger partial charge in [0.1, 0.15) is 10.9 Å². The van der Waals surface area contributed by atoms with Crippen LogP contribution in [-0.4, -0.2) is 28.0 Å². The molecule has 1 atom stereocenters. The van der Waals surface area contributed by atoms with E-state index in [-0.39, 0.29) is 5.91 Å². The minimum atomic E-state index is -1.00. The van der Waals surface area contributed by atoms with Crippen molar-refractivity contribution in [1.82, 2.24) is 10.3 Å². The Bertz CT molecular complexity index is 389. The number of carboxylic acids is 1. The lowest BCUT2D eigenvalue weighted by molar-refractivity contribution is -0.139. The number of amides is 1. The Morgan fingerprint density at radius 1 is 1.62 bits per heavy atom. The summed E-state index contributed by atoms with van der Waals surface area (Å²) in [6.07, 6.45) is 2.60. The Kier molecular flexibility index (Phi) is 4.42. The van der Waals surface area contributed by atoms with Gasteiger partial charge in [-0.15, -0.1) is 11.3 Å². The van der Waals surface area contributed by atoms with Crippen molar-refractivity contribution >= 4 is 23.2 Å². The average molecular weight is 242 g/mol. The van der Waals surface area contributed by atoms with E-state index in [0.717, 1.165) is 5.01 Å². The van der Waals surface area contributed by atoms with E-state index in [0.29, 0.717) is 17.7 Å². The fraction of sp³-hybridized carbons (Fsp3) is 0.500. The summed E-state index contributed by atoms with van der Waals surface area (Å²) < 4.78 is 0. The predicted octanol–water partition coefficient (Wildman–Crippen LogP) is 1.43. The van der Waals surface area contributed by atoms with Crippen molar-refractivity contribution in [3.05, 3.63) is 16.1 Å². The number of aryl methyl sites for hydroxylation is 1. The minimum absolute atomic E-state index is 0.369. The first-order valence-corrected chi connectivity index (χ1v) is 5.82. The number of hydrogen-bond donors (Lipinski definition) is 2. The topological polar surface area (TPSA) is 79.3 Å². The maximum Gasteiger partial charge on any atom is 0.326 e. The first-order chi connectivity index (χ1) is 7.54. The third kappa shape index (κ3) is 3.30. The van der Waals surface area contributed by atoms with Crippen LogP contribution in [0, 0.1) is 6.92 Å². The highest BCUT2D eigenvalue weighted by atomic mass is 32.1. The average Bonchev–Trinajstić information content (AvgIpc) is 2.64. The number of carbonyl (C=O) groups is 2. The zero-order valence-electron chi connectivity index (χ0n) is 9.19. The van der Waals surface area contributed by atoms with Gasteiger partial charge in [0.15, 0.2) is 0 Å². The van der Waals surface area contributed by atoms with Crippen LogP contribution in [0.3, 0.4) is 0 Å². The zero-order valence-corrected chi connectivity index (χ0v) is 10.0. The SMILES string of the molecule is CCC[C@H](NC(=O)c1cnc(C)s1)C(=O)O. The van der Waals surface area contributed by atoms with Crippen LogP contribution in [-0.2, 0) is 4.79 Å². The van der Waals surface area contributed by atoms with E-state index in [2.05, 4.69) is 10.3 Å². The Morgan fingerprint density at radius 2 is 2.31 bits per heavy atom. The lowest BCUT2D eigenvalue weighted by atomic mass is 10.1. The smallest absolute Gasteiger partial charge is 0.326 e. The number of rotatable bonds is 5. The Hall–Kier alpha value is -1.43. The number of carbonyl (C=O) groups excluding carboxylic acids is 1. The first-order valence-electron chi connectivity index (χ1n) is 5.00. The van der Waals surface area contributed by atoms with Crippen molar-refractivity contribution in [2.75, 3.05) is 0 Å². The van der Waals surface area contributed by atoms with Gasteiger partial charge in [-0.05, 0) is 13.3 Å². The highest BCUT2D eigenvalue weighted by Gasteiger charge is 2.20. The van der Waals surface area contributed by atoms with Crippen LogP contribution in [0.5, 0.6) is 0 Å². The molecule has 2 N–H and O–H groups in total.